The second-order valence-corrected chi connectivity index (χ2v) is 5.58. The first kappa shape index (κ1) is 11.1. The fourth-order valence-electron chi connectivity index (χ4n) is 0.993. The third-order valence-electron chi connectivity index (χ3n) is 1.60. The Bertz CT molecular complexity index is 463. The summed E-state index contributed by atoms with van der Waals surface area (Å²) in [5, 5.41) is 8.34. The van der Waals surface area contributed by atoms with Crippen molar-refractivity contribution >= 4 is 45.5 Å². The molecule has 0 saturated carbocycles. The molecule has 78 valence electrons. The van der Waals surface area contributed by atoms with Crippen molar-refractivity contribution in [3.63, 3.8) is 0 Å². The highest BCUT2D eigenvalue weighted by Gasteiger charge is 2.02. The predicted molar refractivity (Wildman–Crippen MR) is 68.4 cm³/mol. The summed E-state index contributed by atoms with van der Waals surface area (Å²) in [7, 11) is 0. The van der Waals surface area contributed by atoms with Crippen LogP contribution < -0.4 is 4.74 Å². The zero-order valence-corrected chi connectivity index (χ0v) is 11.2. The molecule has 0 radical (unpaired) electrons. The third-order valence-corrected chi connectivity index (χ3v) is 3.26. The molecule has 0 unspecified atom stereocenters. The molecule has 0 fully saturated rings. The summed E-state index contributed by atoms with van der Waals surface area (Å²) in [6, 6.07) is 7.83. The van der Waals surface area contributed by atoms with Gasteiger partial charge in [-0.25, -0.2) is 0 Å². The van der Waals surface area contributed by atoms with E-state index in [0.717, 1.165) is 14.3 Å². The molecule has 3 nitrogen and oxygen atoms in total. The molecule has 0 amide bonds. The molecule has 2 rings (SSSR count). The maximum absolute atomic E-state index is 5.66. The van der Waals surface area contributed by atoms with E-state index >= 15 is 0 Å². The Labute approximate surface area is 110 Å². The Morgan fingerprint density at radius 3 is 2.93 bits per heavy atom. The first-order valence-electron chi connectivity index (χ1n) is 4.10. The summed E-state index contributed by atoms with van der Waals surface area (Å²) in [6.07, 6.45) is 0. The molecule has 2 aromatic rings. The third kappa shape index (κ3) is 3.29. The van der Waals surface area contributed by atoms with Crippen LogP contribution in [-0.4, -0.2) is 10.2 Å². The molecule has 0 saturated heterocycles. The minimum Gasteiger partial charge on any atom is -0.486 e. The maximum atomic E-state index is 5.66. The number of aromatic nitrogens is 2. The van der Waals surface area contributed by atoms with Crippen molar-refractivity contribution in [2.24, 2.45) is 0 Å². The van der Waals surface area contributed by atoms with E-state index in [1.165, 1.54) is 11.3 Å². The van der Waals surface area contributed by atoms with Crippen molar-refractivity contribution in [1.82, 2.24) is 10.2 Å². The molecule has 0 aliphatic heterocycles. The number of rotatable bonds is 3. The van der Waals surface area contributed by atoms with Gasteiger partial charge in [-0.2, -0.15) is 0 Å². The highest BCUT2D eigenvalue weighted by molar-refractivity contribution is 14.1. The lowest BCUT2D eigenvalue weighted by Gasteiger charge is -2.03. The Hall–Kier alpha value is -0.400. The van der Waals surface area contributed by atoms with Crippen molar-refractivity contribution in [1.29, 1.82) is 0 Å². The van der Waals surface area contributed by atoms with Gasteiger partial charge in [-0.15, -0.1) is 10.2 Å². The topological polar surface area (TPSA) is 35.0 Å². The maximum Gasteiger partial charge on any atom is 0.207 e. The Morgan fingerprint density at radius 1 is 1.40 bits per heavy atom. The Kier molecular flexibility index (Phi) is 3.76. The van der Waals surface area contributed by atoms with Crippen molar-refractivity contribution in [2.45, 2.75) is 6.61 Å². The second kappa shape index (κ2) is 5.09. The monoisotopic (exact) mass is 352 g/mol. The van der Waals surface area contributed by atoms with Gasteiger partial charge in [0.2, 0.25) is 4.47 Å². The van der Waals surface area contributed by atoms with Crippen molar-refractivity contribution in [2.75, 3.05) is 0 Å². The summed E-state index contributed by atoms with van der Waals surface area (Å²) in [6.45, 7) is 0.407. The van der Waals surface area contributed by atoms with E-state index in [9.17, 15) is 0 Å². The average molecular weight is 353 g/mol. The lowest BCUT2D eigenvalue weighted by Crippen LogP contribution is -1.94. The molecule has 1 aromatic carbocycles. The molecule has 6 heteroatoms. The summed E-state index contributed by atoms with van der Waals surface area (Å²) >= 11 is 9.22. The zero-order valence-electron chi connectivity index (χ0n) is 7.48. The van der Waals surface area contributed by atoms with Gasteiger partial charge in [0, 0.05) is 3.57 Å². The van der Waals surface area contributed by atoms with Crippen LogP contribution in [-0.2, 0) is 6.61 Å². The summed E-state index contributed by atoms with van der Waals surface area (Å²) in [4.78, 5) is 0. The summed E-state index contributed by atoms with van der Waals surface area (Å²) in [5.41, 5.74) is 0. The molecule has 0 aliphatic carbocycles. The molecule has 1 heterocycles. The lowest BCUT2D eigenvalue weighted by atomic mass is 10.3. The van der Waals surface area contributed by atoms with Gasteiger partial charge in [0.1, 0.15) is 12.4 Å². The molecule has 0 aliphatic rings. The summed E-state index contributed by atoms with van der Waals surface area (Å²) in [5.74, 6) is 0.827. The van der Waals surface area contributed by atoms with Gasteiger partial charge in [0.25, 0.3) is 0 Å². The van der Waals surface area contributed by atoms with E-state index in [4.69, 9.17) is 16.3 Å². The smallest absolute Gasteiger partial charge is 0.207 e. The number of ether oxygens (including phenoxy) is 1. The van der Waals surface area contributed by atoms with Gasteiger partial charge in [-0.1, -0.05) is 17.4 Å². The minimum absolute atomic E-state index is 0.407. The molecular weight excluding hydrogens is 347 g/mol. The molecule has 0 N–H and O–H groups in total. The number of hydrogen-bond donors (Lipinski definition) is 0. The Morgan fingerprint density at radius 2 is 2.27 bits per heavy atom. The fourth-order valence-corrected chi connectivity index (χ4v) is 2.29. The molecular formula is C9H6ClIN2OS. The molecule has 15 heavy (non-hydrogen) atoms. The average Bonchev–Trinajstić information content (AvgIpc) is 2.62. The van der Waals surface area contributed by atoms with Crippen LogP contribution in [0.5, 0.6) is 5.75 Å². The predicted octanol–water partition coefficient (Wildman–Crippen LogP) is 3.38. The normalized spacial score (nSPS) is 10.3. The van der Waals surface area contributed by atoms with Gasteiger partial charge in [0.05, 0.1) is 0 Å². The minimum atomic E-state index is 0.407. The van der Waals surface area contributed by atoms with E-state index in [-0.39, 0.29) is 0 Å². The highest BCUT2D eigenvalue weighted by atomic mass is 127. The van der Waals surface area contributed by atoms with Crippen LogP contribution in [0, 0.1) is 3.57 Å². The first-order valence-corrected chi connectivity index (χ1v) is 6.37. The second-order valence-electron chi connectivity index (χ2n) is 2.69. The number of halogens is 2. The van der Waals surface area contributed by atoms with Crippen LogP contribution in [0.2, 0.25) is 4.47 Å². The van der Waals surface area contributed by atoms with Crippen molar-refractivity contribution < 1.29 is 4.74 Å². The highest BCUT2D eigenvalue weighted by Crippen LogP contribution is 2.19. The number of hydrogen-bond acceptors (Lipinski definition) is 4. The van der Waals surface area contributed by atoms with E-state index < -0.39 is 0 Å². The Balaban J connectivity index is 1.99. The molecule has 1 aromatic heterocycles. The SMILES string of the molecule is Clc1nnc(COc2cccc(I)c2)s1. The van der Waals surface area contributed by atoms with E-state index in [0.29, 0.717) is 11.1 Å². The van der Waals surface area contributed by atoms with Crippen LogP contribution in [0.1, 0.15) is 5.01 Å². The van der Waals surface area contributed by atoms with Crippen LogP contribution in [0.4, 0.5) is 0 Å². The van der Waals surface area contributed by atoms with Gasteiger partial charge in [0.15, 0.2) is 5.01 Å². The standard InChI is InChI=1S/C9H6ClIN2OS/c10-9-13-12-8(15-9)5-14-7-3-1-2-6(11)4-7/h1-4H,5H2. The molecule has 0 spiro atoms. The van der Waals surface area contributed by atoms with Crippen LogP contribution in [0.15, 0.2) is 24.3 Å². The van der Waals surface area contributed by atoms with Crippen molar-refractivity contribution in [3.8, 4) is 5.75 Å². The van der Waals surface area contributed by atoms with Crippen LogP contribution in [0.25, 0.3) is 0 Å². The van der Waals surface area contributed by atoms with Gasteiger partial charge in [-0.3, -0.25) is 0 Å². The van der Waals surface area contributed by atoms with Gasteiger partial charge >= 0.3 is 0 Å². The van der Waals surface area contributed by atoms with E-state index in [2.05, 4.69) is 32.8 Å². The fraction of sp³-hybridized carbons (Fsp3) is 0.111. The largest absolute Gasteiger partial charge is 0.486 e. The lowest BCUT2D eigenvalue weighted by molar-refractivity contribution is 0.304. The first-order chi connectivity index (χ1) is 7.24. The van der Waals surface area contributed by atoms with Crippen LogP contribution >= 0.6 is 45.5 Å². The zero-order chi connectivity index (χ0) is 10.7. The van der Waals surface area contributed by atoms with Gasteiger partial charge in [-0.05, 0) is 52.4 Å². The van der Waals surface area contributed by atoms with Crippen LogP contribution in [0.3, 0.4) is 0 Å². The number of nitrogens with zero attached hydrogens (tertiary/aromatic N) is 2. The van der Waals surface area contributed by atoms with E-state index in [1.54, 1.807) is 0 Å². The van der Waals surface area contributed by atoms with Gasteiger partial charge < -0.3 is 4.74 Å². The quantitative estimate of drug-likeness (QED) is 0.795. The van der Waals surface area contributed by atoms with E-state index in [1.807, 2.05) is 24.3 Å². The number of benzene rings is 1. The molecule has 0 atom stereocenters. The summed E-state index contributed by atoms with van der Waals surface area (Å²) < 4.78 is 7.11. The molecule has 0 bridgehead atoms. The van der Waals surface area contributed by atoms with Crippen molar-refractivity contribution in [3.05, 3.63) is 37.3 Å².